The topological polar surface area (TPSA) is 63.7 Å². The molecule has 1 saturated carbocycles. The van der Waals surface area contributed by atoms with Crippen LogP contribution in [0.15, 0.2) is 28.0 Å². The molecule has 1 aromatic rings. The van der Waals surface area contributed by atoms with Gasteiger partial charge in [-0.05, 0) is 31.0 Å². The molecule has 0 radical (unpaired) electrons. The molecule has 0 N–H and O–H groups in total. The number of hydrogen-bond acceptors (Lipinski definition) is 5. The molecule has 1 aliphatic carbocycles. The molecular formula is C14H15NO4S2. The summed E-state index contributed by atoms with van der Waals surface area (Å²) in [5, 5.41) is 0. The van der Waals surface area contributed by atoms with Crippen molar-refractivity contribution in [2.45, 2.75) is 27.4 Å². The smallest absolute Gasteiger partial charge is 0.243 e. The highest BCUT2D eigenvalue weighted by atomic mass is 32.2. The Balaban J connectivity index is 1.71. The number of ketones is 1. The lowest BCUT2D eigenvalue weighted by atomic mass is 10.1. The van der Waals surface area contributed by atoms with Crippen molar-refractivity contribution in [2.24, 2.45) is 0 Å². The third kappa shape index (κ3) is 2.06. The van der Waals surface area contributed by atoms with Crippen molar-refractivity contribution in [1.29, 1.82) is 0 Å². The lowest BCUT2D eigenvalue weighted by molar-refractivity contribution is 0.0730. The van der Waals surface area contributed by atoms with Gasteiger partial charge in [0.2, 0.25) is 10.0 Å². The minimum atomic E-state index is -3.53. The molecule has 1 aromatic carbocycles. The Morgan fingerprint density at radius 1 is 1.19 bits per heavy atom. The summed E-state index contributed by atoms with van der Waals surface area (Å²) in [4.78, 5) is 13.5. The molecule has 5 nitrogen and oxygen atoms in total. The molecule has 0 bridgehead atoms. The lowest BCUT2D eigenvalue weighted by Gasteiger charge is -2.26. The Bertz CT molecular complexity index is 718. The highest BCUT2D eigenvalue weighted by Crippen LogP contribution is 2.59. The predicted molar refractivity (Wildman–Crippen MR) is 78.2 cm³/mol. The van der Waals surface area contributed by atoms with Crippen LogP contribution in [0.25, 0.3) is 0 Å². The van der Waals surface area contributed by atoms with E-state index in [0.29, 0.717) is 31.9 Å². The predicted octanol–water partition coefficient (Wildman–Crippen LogP) is 1.53. The van der Waals surface area contributed by atoms with Crippen molar-refractivity contribution in [2.75, 3.05) is 26.3 Å². The summed E-state index contributed by atoms with van der Waals surface area (Å²) in [5.41, 5.74) is 0.576. The summed E-state index contributed by atoms with van der Waals surface area (Å²) < 4.78 is 31.6. The third-order valence-corrected chi connectivity index (χ3v) is 7.68. The maximum absolute atomic E-state index is 12.6. The van der Waals surface area contributed by atoms with E-state index in [0.717, 1.165) is 17.7 Å². The van der Waals surface area contributed by atoms with E-state index in [2.05, 4.69) is 0 Å². The summed E-state index contributed by atoms with van der Waals surface area (Å²) in [5.74, 6) is 0.0986. The normalized spacial score (nSPS) is 24.3. The van der Waals surface area contributed by atoms with Gasteiger partial charge >= 0.3 is 0 Å². The number of Topliss-reactive ketones (excluding diaryl/α,β-unsaturated/α-hetero) is 1. The zero-order valence-electron chi connectivity index (χ0n) is 11.4. The third-order valence-electron chi connectivity index (χ3n) is 4.23. The first-order valence-electron chi connectivity index (χ1n) is 6.99. The van der Waals surface area contributed by atoms with E-state index in [1.54, 1.807) is 30.0 Å². The number of rotatable bonds is 2. The summed E-state index contributed by atoms with van der Waals surface area (Å²) in [7, 11) is -3.53. The average Bonchev–Trinajstić information content (AvgIpc) is 3.22. The molecule has 2 heterocycles. The molecule has 1 saturated heterocycles. The van der Waals surface area contributed by atoms with Crippen molar-refractivity contribution in [3.05, 3.63) is 23.8 Å². The standard InChI is InChI=1S/C14H15NO4S2/c16-13-11-9-10(1-2-12(11)20-14(13)3-4-14)21(17,18)15-5-7-19-8-6-15/h1-2,9H,3-8H2. The number of carbonyl (C=O) groups is 1. The van der Waals surface area contributed by atoms with Gasteiger partial charge in [0.1, 0.15) is 0 Å². The van der Waals surface area contributed by atoms with Crippen molar-refractivity contribution in [3.8, 4) is 0 Å². The van der Waals surface area contributed by atoms with Crippen LogP contribution in [0.5, 0.6) is 0 Å². The Hall–Kier alpha value is -0.890. The van der Waals surface area contributed by atoms with Gasteiger partial charge in [0.15, 0.2) is 5.78 Å². The second kappa shape index (κ2) is 4.55. The first-order valence-corrected chi connectivity index (χ1v) is 9.24. The quantitative estimate of drug-likeness (QED) is 0.825. The van der Waals surface area contributed by atoms with Crippen molar-refractivity contribution < 1.29 is 17.9 Å². The Morgan fingerprint density at radius 2 is 1.90 bits per heavy atom. The fourth-order valence-electron chi connectivity index (χ4n) is 2.82. The molecule has 1 spiro atoms. The summed E-state index contributed by atoms with van der Waals surface area (Å²) in [6.07, 6.45) is 1.80. The van der Waals surface area contributed by atoms with Crippen molar-refractivity contribution in [3.63, 3.8) is 0 Å². The number of carbonyl (C=O) groups excluding carboxylic acids is 1. The number of benzene rings is 1. The molecule has 7 heteroatoms. The largest absolute Gasteiger partial charge is 0.379 e. The second-order valence-corrected chi connectivity index (χ2v) is 8.96. The molecule has 2 aliphatic heterocycles. The molecule has 2 fully saturated rings. The number of morpholine rings is 1. The van der Waals surface area contributed by atoms with E-state index in [4.69, 9.17) is 4.74 Å². The maximum Gasteiger partial charge on any atom is 0.243 e. The fourth-order valence-corrected chi connectivity index (χ4v) is 5.58. The fraction of sp³-hybridized carbons (Fsp3) is 0.500. The number of hydrogen-bond donors (Lipinski definition) is 0. The monoisotopic (exact) mass is 325 g/mol. The van der Waals surface area contributed by atoms with E-state index in [1.165, 1.54) is 4.31 Å². The molecule has 0 aromatic heterocycles. The average molecular weight is 325 g/mol. The second-order valence-electron chi connectivity index (χ2n) is 5.60. The van der Waals surface area contributed by atoms with E-state index in [9.17, 15) is 13.2 Å². The number of nitrogens with zero attached hydrogens (tertiary/aromatic N) is 1. The van der Waals surface area contributed by atoms with E-state index in [1.807, 2.05) is 0 Å². The molecule has 0 unspecified atom stereocenters. The minimum absolute atomic E-state index is 0.0986. The van der Waals surface area contributed by atoms with E-state index in [-0.39, 0.29) is 15.4 Å². The summed E-state index contributed by atoms with van der Waals surface area (Å²) >= 11 is 1.59. The first-order chi connectivity index (χ1) is 10.0. The van der Waals surface area contributed by atoms with E-state index >= 15 is 0 Å². The molecule has 112 valence electrons. The highest BCUT2D eigenvalue weighted by Gasteiger charge is 2.55. The molecule has 0 amide bonds. The zero-order valence-corrected chi connectivity index (χ0v) is 13.0. The molecule has 3 aliphatic rings. The Morgan fingerprint density at radius 3 is 2.57 bits per heavy atom. The van der Waals surface area contributed by atoms with Crippen LogP contribution >= 0.6 is 11.8 Å². The zero-order chi connectivity index (χ0) is 14.7. The lowest BCUT2D eigenvalue weighted by Crippen LogP contribution is -2.40. The SMILES string of the molecule is O=C1c2cc(S(=O)(=O)N3CCOCC3)ccc2SC12CC2. The Labute approximate surface area is 127 Å². The van der Waals surface area contributed by atoms with Crippen LogP contribution in [0.2, 0.25) is 0 Å². The van der Waals surface area contributed by atoms with Crippen LogP contribution in [0.1, 0.15) is 23.2 Å². The summed E-state index contributed by atoms with van der Waals surface area (Å²) in [6.45, 7) is 1.57. The van der Waals surface area contributed by atoms with E-state index < -0.39 is 10.0 Å². The van der Waals surface area contributed by atoms with Gasteiger partial charge in [0.05, 0.1) is 22.9 Å². The van der Waals surface area contributed by atoms with Gasteiger partial charge < -0.3 is 4.74 Å². The first kappa shape index (κ1) is 13.8. The van der Waals surface area contributed by atoms with Crippen LogP contribution < -0.4 is 0 Å². The number of fused-ring (bicyclic) bond motifs is 1. The minimum Gasteiger partial charge on any atom is -0.379 e. The number of thioether (sulfide) groups is 1. The van der Waals surface area contributed by atoms with Gasteiger partial charge in [-0.2, -0.15) is 4.31 Å². The number of sulfonamides is 1. The Kier molecular flexibility index (Phi) is 2.98. The number of ether oxygens (including phenoxy) is 1. The van der Waals surface area contributed by atoms with Crippen molar-refractivity contribution in [1.82, 2.24) is 4.31 Å². The van der Waals surface area contributed by atoms with Gasteiger partial charge in [-0.3, -0.25) is 4.79 Å². The van der Waals surface area contributed by atoms with Crippen LogP contribution in [0.4, 0.5) is 0 Å². The maximum atomic E-state index is 12.6. The van der Waals surface area contributed by atoms with Gasteiger partial charge in [-0.1, -0.05) is 0 Å². The van der Waals surface area contributed by atoms with Crippen LogP contribution in [-0.2, 0) is 14.8 Å². The molecule has 21 heavy (non-hydrogen) atoms. The van der Waals surface area contributed by atoms with Gasteiger partial charge in [-0.25, -0.2) is 8.42 Å². The molecular weight excluding hydrogens is 310 g/mol. The van der Waals surface area contributed by atoms with Crippen LogP contribution in [0.3, 0.4) is 0 Å². The van der Waals surface area contributed by atoms with Gasteiger partial charge in [-0.15, -0.1) is 11.8 Å². The molecule has 0 atom stereocenters. The van der Waals surface area contributed by atoms with Gasteiger partial charge in [0, 0.05) is 23.5 Å². The van der Waals surface area contributed by atoms with Crippen LogP contribution in [-0.4, -0.2) is 49.6 Å². The van der Waals surface area contributed by atoms with Crippen molar-refractivity contribution >= 4 is 27.6 Å². The van der Waals surface area contributed by atoms with Gasteiger partial charge in [0.25, 0.3) is 0 Å². The van der Waals surface area contributed by atoms with Crippen LogP contribution in [0, 0.1) is 0 Å². The molecule has 4 rings (SSSR count). The summed E-state index contributed by atoms with van der Waals surface area (Å²) in [6, 6.07) is 4.95. The highest BCUT2D eigenvalue weighted by molar-refractivity contribution is 8.02.